The van der Waals surface area contributed by atoms with E-state index in [9.17, 15) is 4.79 Å². The molecule has 2 N–H and O–H groups in total. The van der Waals surface area contributed by atoms with Crippen molar-refractivity contribution in [3.05, 3.63) is 59.7 Å². The van der Waals surface area contributed by atoms with Crippen molar-refractivity contribution in [1.29, 1.82) is 0 Å². The van der Waals surface area contributed by atoms with Crippen LogP contribution in [-0.2, 0) is 6.54 Å². The molecule has 1 aliphatic rings. The first-order chi connectivity index (χ1) is 11.1. The number of anilines is 2. The van der Waals surface area contributed by atoms with Crippen molar-refractivity contribution in [1.82, 2.24) is 4.90 Å². The standard InChI is InChI=1S/C19H23N3O/c1-21(14-15-7-3-2-4-8-15)18-10-9-16(20)13-17(18)19(23)22-11-5-6-12-22/h2-4,7-10,13H,5-6,11-12,14,20H2,1H3. The first-order valence-corrected chi connectivity index (χ1v) is 8.09. The number of hydrogen-bond donors (Lipinski definition) is 1. The van der Waals surface area contributed by atoms with Gasteiger partial charge in [-0.1, -0.05) is 30.3 Å². The van der Waals surface area contributed by atoms with Gasteiger partial charge >= 0.3 is 0 Å². The molecule has 0 atom stereocenters. The molecule has 1 aliphatic heterocycles. The number of nitrogens with zero attached hydrogens (tertiary/aromatic N) is 2. The molecule has 4 heteroatoms. The Kier molecular flexibility index (Phi) is 4.51. The third-order valence-corrected chi connectivity index (χ3v) is 4.32. The van der Waals surface area contributed by atoms with E-state index in [1.807, 2.05) is 42.3 Å². The zero-order chi connectivity index (χ0) is 16.2. The molecule has 3 rings (SSSR count). The fourth-order valence-electron chi connectivity index (χ4n) is 3.09. The molecular formula is C19H23N3O. The Morgan fingerprint density at radius 3 is 2.52 bits per heavy atom. The van der Waals surface area contributed by atoms with Gasteiger partial charge in [0, 0.05) is 38.1 Å². The highest BCUT2D eigenvalue weighted by Crippen LogP contribution is 2.26. The van der Waals surface area contributed by atoms with Crippen molar-refractivity contribution in [2.75, 3.05) is 30.8 Å². The van der Waals surface area contributed by atoms with E-state index in [0.29, 0.717) is 11.3 Å². The van der Waals surface area contributed by atoms with Crippen LogP contribution in [-0.4, -0.2) is 30.9 Å². The van der Waals surface area contributed by atoms with E-state index in [4.69, 9.17) is 5.73 Å². The molecule has 0 aliphatic carbocycles. The van der Waals surface area contributed by atoms with Crippen molar-refractivity contribution in [3.8, 4) is 0 Å². The van der Waals surface area contributed by atoms with Gasteiger partial charge in [-0.15, -0.1) is 0 Å². The highest BCUT2D eigenvalue weighted by Gasteiger charge is 2.23. The van der Waals surface area contributed by atoms with Crippen LogP contribution in [0.2, 0.25) is 0 Å². The number of rotatable bonds is 4. The smallest absolute Gasteiger partial charge is 0.256 e. The quantitative estimate of drug-likeness (QED) is 0.883. The molecule has 1 fully saturated rings. The van der Waals surface area contributed by atoms with Crippen LogP contribution in [0.15, 0.2) is 48.5 Å². The predicted molar refractivity (Wildman–Crippen MR) is 94.5 cm³/mol. The lowest BCUT2D eigenvalue weighted by molar-refractivity contribution is 0.0793. The predicted octanol–water partition coefficient (Wildman–Crippen LogP) is 3.14. The van der Waals surface area contributed by atoms with Gasteiger partial charge in [-0.2, -0.15) is 0 Å². The summed E-state index contributed by atoms with van der Waals surface area (Å²) in [5.41, 5.74) is 9.40. The van der Waals surface area contributed by atoms with Gasteiger partial charge in [-0.25, -0.2) is 0 Å². The average Bonchev–Trinajstić information content (AvgIpc) is 3.09. The molecular weight excluding hydrogens is 286 g/mol. The minimum absolute atomic E-state index is 0.0877. The van der Waals surface area contributed by atoms with Gasteiger partial charge in [0.1, 0.15) is 0 Å². The van der Waals surface area contributed by atoms with Crippen molar-refractivity contribution in [3.63, 3.8) is 0 Å². The van der Waals surface area contributed by atoms with Gasteiger partial charge in [-0.05, 0) is 36.6 Å². The summed E-state index contributed by atoms with van der Waals surface area (Å²) in [7, 11) is 2.01. The zero-order valence-electron chi connectivity index (χ0n) is 13.5. The molecule has 23 heavy (non-hydrogen) atoms. The molecule has 1 heterocycles. The van der Waals surface area contributed by atoms with Gasteiger partial charge < -0.3 is 15.5 Å². The fraction of sp³-hybridized carbons (Fsp3) is 0.316. The maximum absolute atomic E-state index is 12.8. The van der Waals surface area contributed by atoms with Crippen LogP contribution in [0.5, 0.6) is 0 Å². The van der Waals surface area contributed by atoms with E-state index >= 15 is 0 Å². The van der Waals surface area contributed by atoms with Crippen molar-refractivity contribution in [2.24, 2.45) is 0 Å². The summed E-state index contributed by atoms with van der Waals surface area (Å²) in [5.74, 6) is 0.0877. The van der Waals surface area contributed by atoms with E-state index < -0.39 is 0 Å². The Labute approximate surface area is 137 Å². The molecule has 2 aromatic carbocycles. The first-order valence-electron chi connectivity index (χ1n) is 8.09. The molecule has 0 spiro atoms. The molecule has 0 unspecified atom stereocenters. The lowest BCUT2D eigenvalue weighted by Gasteiger charge is -2.25. The van der Waals surface area contributed by atoms with E-state index in [-0.39, 0.29) is 5.91 Å². The molecule has 0 radical (unpaired) electrons. The third kappa shape index (κ3) is 3.47. The molecule has 120 valence electrons. The summed E-state index contributed by atoms with van der Waals surface area (Å²) in [5, 5.41) is 0. The summed E-state index contributed by atoms with van der Waals surface area (Å²) in [4.78, 5) is 16.9. The van der Waals surface area contributed by atoms with Gasteiger partial charge in [0.2, 0.25) is 0 Å². The Hall–Kier alpha value is -2.49. The van der Waals surface area contributed by atoms with Crippen LogP contribution in [0.1, 0.15) is 28.8 Å². The molecule has 0 saturated carbocycles. The van der Waals surface area contributed by atoms with Gasteiger partial charge in [-0.3, -0.25) is 4.79 Å². The molecule has 0 bridgehead atoms. The number of nitrogen functional groups attached to an aromatic ring is 1. The maximum atomic E-state index is 12.8. The largest absolute Gasteiger partial charge is 0.399 e. The Bertz CT molecular complexity index is 678. The first kappa shape index (κ1) is 15.4. The molecule has 1 amide bonds. The average molecular weight is 309 g/mol. The second-order valence-corrected chi connectivity index (χ2v) is 6.12. The van der Waals surface area contributed by atoms with Crippen molar-refractivity contribution in [2.45, 2.75) is 19.4 Å². The highest BCUT2D eigenvalue weighted by molar-refractivity contribution is 6.00. The topological polar surface area (TPSA) is 49.6 Å². The second kappa shape index (κ2) is 6.73. The summed E-state index contributed by atoms with van der Waals surface area (Å²) in [6.07, 6.45) is 2.17. The number of carbonyl (C=O) groups is 1. The van der Waals surface area contributed by atoms with Crippen LogP contribution in [0, 0.1) is 0 Å². The molecule has 2 aromatic rings. The Balaban J connectivity index is 1.87. The zero-order valence-corrected chi connectivity index (χ0v) is 13.5. The van der Waals surface area contributed by atoms with Crippen molar-refractivity contribution < 1.29 is 4.79 Å². The summed E-state index contributed by atoms with van der Waals surface area (Å²) in [6, 6.07) is 15.9. The lowest BCUT2D eigenvalue weighted by atomic mass is 10.1. The number of benzene rings is 2. The normalized spacial score (nSPS) is 14.0. The van der Waals surface area contributed by atoms with Gasteiger partial charge in [0.05, 0.1) is 5.56 Å². The molecule has 4 nitrogen and oxygen atoms in total. The van der Waals surface area contributed by atoms with Gasteiger partial charge in [0.25, 0.3) is 5.91 Å². The number of nitrogens with two attached hydrogens (primary N) is 1. The van der Waals surface area contributed by atoms with Crippen LogP contribution in [0.25, 0.3) is 0 Å². The summed E-state index contributed by atoms with van der Waals surface area (Å²) >= 11 is 0. The number of hydrogen-bond acceptors (Lipinski definition) is 3. The Morgan fingerprint density at radius 2 is 1.83 bits per heavy atom. The molecule has 0 aromatic heterocycles. The fourth-order valence-corrected chi connectivity index (χ4v) is 3.09. The minimum Gasteiger partial charge on any atom is -0.399 e. The van der Waals surface area contributed by atoms with E-state index in [2.05, 4.69) is 17.0 Å². The number of likely N-dealkylation sites (tertiary alicyclic amines) is 1. The summed E-state index contributed by atoms with van der Waals surface area (Å²) < 4.78 is 0. The van der Waals surface area contributed by atoms with E-state index in [1.54, 1.807) is 6.07 Å². The van der Waals surface area contributed by atoms with E-state index in [0.717, 1.165) is 38.2 Å². The van der Waals surface area contributed by atoms with Crippen LogP contribution >= 0.6 is 0 Å². The third-order valence-electron chi connectivity index (χ3n) is 4.32. The van der Waals surface area contributed by atoms with Crippen LogP contribution in [0.3, 0.4) is 0 Å². The molecule has 1 saturated heterocycles. The number of carbonyl (C=O) groups excluding carboxylic acids is 1. The maximum Gasteiger partial charge on any atom is 0.256 e. The van der Waals surface area contributed by atoms with E-state index in [1.165, 1.54) is 5.56 Å². The summed E-state index contributed by atoms with van der Waals surface area (Å²) in [6.45, 7) is 2.44. The monoisotopic (exact) mass is 309 g/mol. The second-order valence-electron chi connectivity index (χ2n) is 6.12. The minimum atomic E-state index is 0.0877. The van der Waals surface area contributed by atoms with Gasteiger partial charge in [0.15, 0.2) is 0 Å². The van der Waals surface area contributed by atoms with Crippen molar-refractivity contribution >= 4 is 17.3 Å². The Morgan fingerprint density at radius 1 is 1.13 bits per heavy atom. The lowest BCUT2D eigenvalue weighted by Crippen LogP contribution is -2.30. The van der Waals surface area contributed by atoms with Crippen LogP contribution < -0.4 is 10.6 Å². The number of amides is 1. The SMILES string of the molecule is CN(Cc1ccccc1)c1ccc(N)cc1C(=O)N1CCCC1. The van der Waals surface area contributed by atoms with Crippen LogP contribution in [0.4, 0.5) is 11.4 Å². The highest BCUT2D eigenvalue weighted by atomic mass is 16.2.